The summed E-state index contributed by atoms with van der Waals surface area (Å²) in [6.45, 7) is 4.57. The minimum absolute atomic E-state index is 0.268. The van der Waals surface area contributed by atoms with E-state index in [4.69, 9.17) is 0 Å². The largest absolute Gasteiger partial charge is 0.339 e. The highest BCUT2D eigenvalue weighted by atomic mass is 19.1. The predicted octanol–water partition coefficient (Wildman–Crippen LogP) is 3.08. The van der Waals surface area contributed by atoms with Crippen molar-refractivity contribution in [1.29, 1.82) is 0 Å². The van der Waals surface area contributed by atoms with Gasteiger partial charge in [-0.1, -0.05) is 30.3 Å². The van der Waals surface area contributed by atoms with Crippen LogP contribution in [0.25, 0.3) is 0 Å². The summed E-state index contributed by atoms with van der Waals surface area (Å²) < 4.78 is 13.0. The van der Waals surface area contributed by atoms with Crippen LogP contribution in [0.2, 0.25) is 0 Å². The number of hydrogen-bond acceptors (Lipinski definition) is 6. The van der Waals surface area contributed by atoms with Gasteiger partial charge in [0.15, 0.2) is 5.82 Å². The van der Waals surface area contributed by atoms with Crippen molar-refractivity contribution in [3.8, 4) is 0 Å². The molecule has 138 valence electrons. The van der Waals surface area contributed by atoms with Gasteiger partial charge >= 0.3 is 0 Å². The van der Waals surface area contributed by atoms with Crippen molar-refractivity contribution >= 4 is 17.5 Å². The Hall–Kier alpha value is -3.06. The third kappa shape index (κ3) is 4.57. The molecule has 1 aliphatic heterocycles. The van der Waals surface area contributed by atoms with Crippen LogP contribution >= 0.6 is 0 Å². The van der Waals surface area contributed by atoms with E-state index in [9.17, 15) is 4.39 Å². The summed E-state index contributed by atoms with van der Waals surface area (Å²) in [7, 11) is 0. The lowest BCUT2D eigenvalue weighted by Gasteiger charge is -2.34. The Bertz CT molecular complexity index is 863. The van der Waals surface area contributed by atoms with Gasteiger partial charge in [-0.15, -0.1) is 5.10 Å². The Morgan fingerprint density at radius 1 is 0.926 bits per heavy atom. The average Bonchev–Trinajstić information content (AvgIpc) is 2.71. The first-order valence-corrected chi connectivity index (χ1v) is 9.00. The number of nitrogens with zero attached hydrogens (tertiary/aromatic N) is 5. The molecule has 1 fully saturated rings. The molecule has 2 heterocycles. The number of aromatic nitrogens is 3. The molecule has 0 unspecified atom stereocenters. The zero-order chi connectivity index (χ0) is 18.5. The first kappa shape index (κ1) is 17.4. The summed E-state index contributed by atoms with van der Waals surface area (Å²) in [5.74, 6) is 0.940. The molecule has 0 aliphatic carbocycles. The fourth-order valence-electron chi connectivity index (χ4n) is 3.12. The van der Waals surface area contributed by atoms with Gasteiger partial charge < -0.3 is 10.2 Å². The zero-order valence-electron chi connectivity index (χ0n) is 14.9. The summed E-state index contributed by atoms with van der Waals surface area (Å²) in [4.78, 5) is 9.13. The van der Waals surface area contributed by atoms with Crippen molar-refractivity contribution < 1.29 is 4.39 Å². The highest BCUT2D eigenvalue weighted by Gasteiger charge is 2.19. The lowest BCUT2D eigenvalue weighted by atomic mass is 10.2. The average molecular weight is 364 g/mol. The van der Waals surface area contributed by atoms with E-state index in [2.05, 4.69) is 54.6 Å². The van der Waals surface area contributed by atoms with Gasteiger partial charge in [-0.3, -0.25) is 4.90 Å². The van der Waals surface area contributed by atoms with Gasteiger partial charge in [0.1, 0.15) is 5.82 Å². The number of rotatable bonds is 5. The van der Waals surface area contributed by atoms with E-state index < -0.39 is 0 Å². The third-order valence-corrected chi connectivity index (χ3v) is 4.57. The molecular formula is C20H21FN6. The molecule has 0 saturated carbocycles. The van der Waals surface area contributed by atoms with Crippen LogP contribution in [0.5, 0.6) is 0 Å². The standard InChI is InChI=1S/C20H21FN6/c21-17-6-8-18(9-7-17)23-19-14-22-25-20(24-19)27-12-10-26(11-13-27)15-16-4-2-1-3-5-16/h1-9,14H,10-13,15H2,(H,23,24,25). The highest BCUT2D eigenvalue weighted by Crippen LogP contribution is 2.17. The molecule has 27 heavy (non-hydrogen) atoms. The molecule has 1 aromatic heterocycles. The number of benzene rings is 2. The summed E-state index contributed by atoms with van der Waals surface area (Å²) in [5.41, 5.74) is 2.09. The third-order valence-electron chi connectivity index (χ3n) is 4.57. The lowest BCUT2D eigenvalue weighted by Crippen LogP contribution is -2.46. The Morgan fingerprint density at radius 2 is 1.67 bits per heavy atom. The molecule has 2 aromatic carbocycles. The second-order valence-corrected chi connectivity index (χ2v) is 6.52. The number of anilines is 3. The second kappa shape index (κ2) is 8.09. The summed E-state index contributed by atoms with van der Waals surface area (Å²) >= 11 is 0. The van der Waals surface area contributed by atoms with Gasteiger partial charge in [0.05, 0.1) is 6.20 Å². The number of piperazine rings is 1. The monoisotopic (exact) mass is 364 g/mol. The van der Waals surface area contributed by atoms with Crippen molar-refractivity contribution in [3.63, 3.8) is 0 Å². The van der Waals surface area contributed by atoms with Crippen molar-refractivity contribution in [1.82, 2.24) is 20.1 Å². The number of halogens is 1. The topological polar surface area (TPSA) is 57.2 Å². The molecule has 6 nitrogen and oxygen atoms in total. The van der Waals surface area contributed by atoms with Crippen LogP contribution in [0, 0.1) is 5.82 Å². The molecule has 7 heteroatoms. The maximum absolute atomic E-state index is 13.0. The lowest BCUT2D eigenvalue weighted by molar-refractivity contribution is 0.248. The van der Waals surface area contributed by atoms with E-state index in [1.807, 2.05) is 6.07 Å². The van der Waals surface area contributed by atoms with Crippen molar-refractivity contribution in [2.75, 3.05) is 36.4 Å². The Labute approximate surface area is 157 Å². The van der Waals surface area contributed by atoms with E-state index in [0.29, 0.717) is 11.8 Å². The van der Waals surface area contributed by atoms with Gasteiger partial charge in [-0.2, -0.15) is 10.1 Å². The smallest absolute Gasteiger partial charge is 0.247 e. The molecule has 0 radical (unpaired) electrons. The highest BCUT2D eigenvalue weighted by molar-refractivity contribution is 5.56. The molecule has 4 rings (SSSR count). The predicted molar refractivity (Wildman–Crippen MR) is 103 cm³/mol. The van der Waals surface area contributed by atoms with Gasteiger partial charge in [0, 0.05) is 38.4 Å². The maximum atomic E-state index is 13.0. The van der Waals surface area contributed by atoms with Crippen LogP contribution < -0.4 is 10.2 Å². The summed E-state index contributed by atoms with van der Waals surface area (Å²) in [5, 5.41) is 11.4. The Kier molecular flexibility index (Phi) is 5.20. The van der Waals surface area contributed by atoms with E-state index in [0.717, 1.165) is 38.4 Å². The minimum atomic E-state index is -0.268. The van der Waals surface area contributed by atoms with Crippen LogP contribution in [0.4, 0.5) is 21.8 Å². The molecule has 0 amide bonds. The molecule has 0 atom stereocenters. The molecule has 1 aliphatic rings. The fourth-order valence-corrected chi connectivity index (χ4v) is 3.12. The first-order valence-electron chi connectivity index (χ1n) is 9.00. The van der Waals surface area contributed by atoms with Crippen LogP contribution in [-0.2, 0) is 6.54 Å². The Morgan fingerprint density at radius 3 is 2.41 bits per heavy atom. The molecular weight excluding hydrogens is 343 g/mol. The molecule has 1 N–H and O–H groups in total. The van der Waals surface area contributed by atoms with Crippen LogP contribution in [0.1, 0.15) is 5.56 Å². The van der Waals surface area contributed by atoms with Gasteiger partial charge in [0.2, 0.25) is 5.95 Å². The summed E-state index contributed by atoms with van der Waals surface area (Å²) in [6, 6.07) is 16.6. The normalized spacial score (nSPS) is 14.9. The molecule has 0 bridgehead atoms. The van der Waals surface area contributed by atoms with Crippen molar-refractivity contribution in [3.05, 3.63) is 72.2 Å². The summed E-state index contributed by atoms with van der Waals surface area (Å²) in [6.07, 6.45) is 1.57. The van der Waals surface area contributed by atoms with Crippen LogP contribution in [-0.4, -0.2) is 46.3 Å². The zero-order valence-corrected chi connectivity index (χ0v) is 14.9. The second-order valence-electron chi connectivity index (χ2n) is 6.52. The van der Waals surface area contributed by atoms with Gasteiger partial charge in [-0.25, -0.2) is 4.39 Å². The first-order chi connectivity index (χ1) is 13.3. The Balaban J connectivity index is 1.36. The van der Waals surface area contributed by atoms with Crippen LogP contribution in [0.15, 0.2) is 60.8 Å². The number of hydrogen-bond donors (Lipinski definition) is 1. The quantitative estimate of drug-likeness (QED) is 0.751. The van der Waals surface area contributed by atoms with E-state index in [-0.39, 0.29) is 5.82 Å². The number of nitrogens with one attached hydrogen (secondary N) is 1. The SMILES string of the molecule is Fc1ccc(Nc2cnnc(N3CCN(Cc4ccccc4)CC3)n2)cc1. The molecule has 0 spiro atoms. The molecule has 1 saturated heterocycles. The van der Waals surface area contributed by atoms with Crippen molar-refractivity contribution in [2.24, 2.45) is 0 Å². The fraction of sp³-hybridized carbons (Fsp3) is 0.250. The van der Waals surface area contributed by atoms with Crippen LogP contribution in [0.3, 0.4) is 0 Å². The van der Waals surface area contributed by atoms with Gasteiger partial charge in [0.25, 0.3) is 0 Å². The maximum Gasteiger partial charge on any atom is 0.247 e. The van der Waals surface area contributed by atoms with E-state index in [1.54, 1.807) is 18.3 Å². The van der Waals surface area contributed by atoms with E-state index >= 15 is 0 Å². The van der Waals surface area contributed by atoms with Crippen molar-refractivity contribution in [2.45, 2.75) is 6.54 Å². The van der Waals surface area contributed by atoms with Gasteiger partial charge in [-0.05, 0) is 29.8 Å². The van der Waals surface area contributed by atoms with E-state index in [1.165, 1.54) is 17.7 Å². The minimum Gasteiger partial charge on any atom is -0.339 e. The molecule has 3 aromatic rings.